The zero-order valence-corrected chi connectivity index (χ0v) is 26.0. The fourth-order valence-corrected chi connectivity index (χ4v) is 7.79. The van der Waals surface area contributed by atoms with Crippen LogP contribution in [0.3, 0.4) is 0 Å². The van der Waals surface area contributed by atoms with Gasteiger partial charge in [-0.3, -0.25) is 0 Å². The molecule has 4 nitrogen and oxygen atoms in total. The Labute approximate surface area is 271 Å². The van der Waals surface area contributed by atoms with Crippen LogP contribution in [-0.2, 0) is 5.41 Å². The molecule has 0 bridgehead atoms. The number of benzene rings is 6. The molecule has 0 saturated heterocycles. The molecule has 0 unspecified atom stereocenters. The summed E-state index contributed by atoms with van der Waals surface area (Å²) >= 11 is 0. The Morgan fingerprint density at radius 1 is 0.596 bits per heavy atom. The van der Waals surface area contributed by atoms with Gasteiger partial charge in [-0.1, -0.05) is 117 Å². The van der Waals surface area contributed by atoms with E-state index in [1.807, 2.05) is 18.2 Å². The van der Waals surface area contributed by atoms with Crippen molar-refractivity contribution in [3.8, 4) is 39.5 Å². The number of rotatable bonds is 3. The van der Waals surface area contributed by atoms with Gasteiger partial charge < -0.3 is 8.98 Å². The Morgan fingerprint density at radius 2 is 1.34 bits per heavy atom. The van der Waals surface area contributed by atoms with Crippen LogP contribution in [0.4, 0.5) is 0 Å². The van der Waals surface area contributed by atoms with Crippen LogP contribution >= 0.6 is 0 Å². The normalized spacial score (nSPS) is 13.5. The second-order valence-corrected chi connectivity index (χ2v) is 13.0. The number of hydrogen-bond acceptors (Lipinski definition) is 3. The third-order valence-corrected chi connectivity index (χ3v) is 9.96. The highest BCUT2D eigenvalue weighted by atomic mass is 16.3. The van der Waals surface area contributed by atoms with Crippen LogP contribution in [0.25, 0.3) is 83.2 Å². The monoisotopic (exact) mass is 603 g/mol. The summed E-state index contributed by atoms with van der Waals surface area (Å²) in [7, 11) is 0. The molecule has 47 heavy (non-hydrogen) atoms. The summed E-state index contributed by atoms with van der Waals surface area (Å²) in [6.45, 7) is 4.55. The van der Waals surface area contributed by atoms with Crippen molar-refractivity contribution in [3.05, 3.63) is 151 Å². The predicted octanol–water partition coefficient (Wildman–Crippen LogP) is 11.1. The average molecular weight is 604 g/mol. The molecular formula is C43H29N3O. The number of hydrogen-bond donors (Lipinski definition) is 0. The summed E-state index contributed by atoms with van der Waals surface area (Å²) in [4.78, 5) is 10.6. The minimum atomic E-state index is -0.258. The van der Waals surface area contributed by atoms with E-state index in [1.54, 1.807) is 0 Å². The highest BCUT2D eigenvalue weighted by Crippen LogP contribution is 2.51. The molecule has 10 rings (SSSR count). The fraction of sp³-hybridized carbons (Fsp3) is 0.0698. The molecule has 3 aromatic heterocycles. The van der Waals surface area contributed by atoms with Crippen LogP contribution in [0.15, 0.2) is 144 Å². The lowest BCUT2D eigenvalue weighted by molar-refractivity contribution is 0.636. The first kappa shape index (κ1) is 26.2. The van der Waals surface area contributed by atoms with Gasteiger partial charge in [0.2, 0.25) is 0 Å². The Morgan fingerprint density at radius 3 is 2.23 bits per heavy atom. The molecule has 0 atom stereocenters. The van der Waals surface area contributed by atoms with Crippen molar-refractivity contribution in [1.82, 2.24) is 14.5 Å². The molecule has 9 aromatic rings. The van der Waals surface area contributed by atoms with E-state index in [0.29, 0.717) is 0 Å². The molecule has 0 spiro atoms. The van der Waals surface area contributed by atoms with Crippen LogP contribution in [-0.4, -0.2) is 14.5 Å². The summed E-state index contributed by atoms with van der Waals surface area (Å²) in [6.07, 6.45) is 0. The van der Waals surface area contributed by atoms with Crippen LogP contribution in [0.5, 0.6) is 0 Å². The smallest absolute Gasteiger partial charge is 0.160 e. The predicted molar refractivity (Wildman–Crippen MR) is 192 cm³/mol. The molecule has 1 aliphatic carbocycles. The first-order valence-corrected chi connectivity index (χ1v) is 16.1. The minimum absolute atomic E-state index is 0.258. The number of fused-ring (bicyclic) bond motifs is 10. The van der Waals surface area contributed by atoms with Gasteiger partial charge in [-0.15, -0.1) is 0 Å². The van der Waals surface area contributed by atoms with E-state index in [9.17, 15) is 0 Å². The first-order valence-electron chi connectivity index (χ1n) is 16.1. The maximum absolute atomic E-state index is 6.37. The summed E-state index contributed by atoms with van der Waals surface area (Å²) < 4.78 is 8.77. The number of furan rings is 1. The summed E-state index contributed by atoms with van der Waals surface area (Å²) in [5.41, 5.74) is 12.6. The van der Waals surface area contributed by atoms with Crippen LogP contribution in [0.1, 0.15) is 25.1 Å². The maximum atomic E-state index is 6.37. The summed E-state index contributed by atoms with van der Waals surface area (Å²) in [5, 5.41) is 4.66. The average Bonchev–Trinajstić information content (AvgIpc) is 3.74. The molecule has 0 aliphatic heterocycles. The lowest BCUT2D eigenvalue weighted by Crippen LogP contribution is -2.17. The first-order chi connectivity index (χ1) is 23.1. The van der Waals surface area contributed by atoms with Crippen molar-refractivity contribution in [2.24, 2.45) is 0 Å². The van der Waals surface area contributed by atoms with E-state index in [2.05, 4.69) is 140 Å². The van der Waals surface area contributed by atoms with Crippen molar-refractivity contribution >= 4 is 43.7 Å². The lowest BCUT2D eigenvalue weighted by atomic mass is 9.85. The molecule has 0 amide bonds. The Bertz CT molecular complexity index is 2710. The van der Waals surface area contributed by atoms with Crippen molar-refractivity contribution < 1.29 is 4.42 Å². The molecular weight excluding hydrogens is 574 g/mol. The van der Waals surface area contributed by atoms with Crippen molar-refractivity contribution in [3.63, 3.8) is 0 Å². The van der Waals surface area contributed by atoms with Gasteiger partial charge in [-0.2, -0.15) is 0 Å². The molecule has 6 aromatic carbocycles. The number of aromatic nitrogens is 3. The minimum Gasteiger partial charge on any atom is -0.456 e. The van der Waals surface area contributed by atoms with Crippen LogP contribution < -0.4 is 0 Å². The molecule has 222 valence electrons. The SMILES string of the molecule is CC1(C)c2ccccc2-c2c(-c3cccc(-n4c5ccccc5c5ccc6oc7ccccc7c6c54)c3)nc(-c3ccccc3)nc21. The van der Waals surface area contributed by atoms with Gasteiger partial charge in [0.15, 0.2) is 5.82 Å². The Hall–Kier alpha value is -6.00. The summed E-state index contributed by atoms with van der Waals surface area (Å²) in [6, 6.07) is 49.2. The topological polar surface area (TPSA) is 43.9 Å². The third kappa shape index (κ3) is 3.64. The lowest BCUT2D eigenvalue weighted by Gasteiger charge is -2.21. The van der Waals surface area contributed by atoms with Crippen LogP contribution in [0.2, 0.25) is 0 Å². The third-order valence-electron chi connectivity index (χ3n) is 9.96. The highest BCUT2D eigenvalue weighted by Gasteiger charge is 2.39. The van der Waals surface area contributed by atoms with Crippen molar-refractivity contribution in [2.45, 2.75) is 19.3 Å². The zero-order valence-electron chi connectivity index (χ0n) is 26.0. The molecule has 1 aliphatic rings. The Kier molecular flexibility index (Phi) is 5.31. The largest absolute Gasteiger partial charge is 0.456 e. The fourth-order valence-electron chi connectivity index (χ4n) is 7.79. The molecule has 3 heterocycles. The van der Waals surface area contributed by atoms with Gasteiger partial charge in [-0.05, 0) is 47.5 Å². The maximum Gasteiger partial charge on any atom is 0.160 e. The molecule has 0 fully saturated rings. The summed E-state index contributed by atoms with van der Waals surface area (Å²) in [5.74, 6) is 0.745. The van der Waals surface area contributed by atoms with Gasteiger partial charge in [0, 0.05) is 44.0 Å². The highest BCUT2D eigenvalue weighted by molar-refractivity contribution is 6.24. The van der Waals surface area contributed by atoms with E-state index in [0.717, 1.165) is 72.6 Å². The second-order valence-electron chi connectivity index (χ2n) is 13.0. The van der Waals surface area contributed by atoms with Crippen molar-refractivity contribution in [1.29, 1.82) is 0 Å². The molecule has 0 saturated carbocycles. The Balaban J connectivity index is 1.29. The number of para-hydroxylation sites is 2. The zero-order chi connectivity index (χ0) is 31.3. The van der Waals surface area contributed by atoms with Gasteiger partial charge >= 0.3 is 0 Å². The second kappa shape index (κ2) is 9.51. The van der Waals surface area contributed by atoms with E-state index in [-0.39, 0.29) is 5.41 Å². The molecule has 0 radical (unpaired) electrons. The standard InChI is InChI=1S/C43H29N3O/c1-43(2)33-20-9-6-18-31(33)38-39(44-42(45-41(38)43)26-13-4-3-5-14-26)27-15-12-16-28(25-27)46-34-21-10-7-17-29(34)30-23-24-36-37(40(30)46)32-19-8-11-22-35(32)47-36/h3-25H,1-2H3. The molecule has 4 heteroatoms. The quantitative estimate of drug-likeness (QED) is 0.202. The van der Waals surface area contributed by atoms with E-state index in [4.69, 9.17) is 14.4 Å². The van der Waals surface area contributed by atoms with Gasteiger partial charge in [-0.25, -0.2) is 9.97 Å². The van der Waals surface area contributed by atoms with E-state index >= 15 is 0 Å². The van der Waals surface area contributed by atoms with Gasteiger partial charge in [0.05, 0.1) is 27.8 Å². The van der Waals surface area contributed by atoms with E-state index < -0.39 is 0 Å². The van der Waals surface area contributed by atoms with E-state index in [1.165, 1.54) is 21.9 Å². The van der Waals surface area contributed by atoms with Gasteiger partial charge in [0.25, 0.3) is 0 Å². The van der Waals surface area contributed by atoms with Crippen LogP contribution in [0, 0.1) is 0 Å². The van der Waals surface area contributed by atoms with Crippen molar-refractivity contribution in [2.75, 3.05) is 0 Å². The molecule has 0 N–H and O–H groups in total. The number of nitrogens with zero attached hydrogens (tertiary/aromatic N) is 3. The van der Waals surface area contributed by atoms with Gasteiger partial charge in [0.1, 0.15) is 11.2 Å².